The third-order valence-corrected chi connectivity index (χ3v) is 4.60. The van der Waals surface area contributed by atoms with Gasteiger partial charge in [-0.15, -0.1) is 0 Å². The molecule has 0 spiro atoms. The van der Waals surface area contributed by atoms with Crippen LogP contribution in [0.4, 0.5) is 5.82 Å². The molecule has 2 aromatic carbocycles. The molecule has 0 saturated carbocycles. The summed E-state index contributed by atoms with van der Waals surface area (Å²) in [5, 5.41) is 1.63. The van der Waals surface area contributed by atoms with E-state index in [-0.39, 0.29) is 5.56 Å². The maximum Gasteiger partial charge on any atom is 0.263 e. The first-order chi connectivity index (χ1) is 12.7. The largest absolute Gasteiger partial charge is 0.384 e. The van der Waals surface area contributed by atoms with Crippen LogP contribution in [0.2, 0.25) is 0 Å². The Labute approximate surface area is 151 Å². The monoisotopic (exact) mass is 341 g/mol. The molecule has 128 valence electrons. The maximum absolute atomic E-state index is 13.5. The third kappa shape index (κ3) is 2.65. The van der Waals surface area contributed by atoms with E-state index in [0.717, 1.165) is 34.3 Å². The van der Waals surface area contributed by atoms with Gasteiger partial charge in [-0.3, -0.25) is 9.36 Å². The number of pyridine rings is 2. The zero-order chi connectivity index (χ0) is 18.1. The number of hydrogen-bond acceptors (Lipinski definition) is 3. The molecule has 0 aliphatic heterocycles. The summed E-state index contributed by atoms with van der Waals surface area (Å²) in [7, 11) is 0. The van der Waals surface area contributed by atoms with Crippen molar-refractivity contribution in [2.24, 2.45) is 0 Å². The lowest BCUT2D eigenvalue weighted by atomic mass is 9.99. The summed E-state index contributed by atoms with van der Waals surface area (Å²) in [6.07, 6.45) is 2.48. The highest BCUT2D eigenvalue weighted by molar-refractivity contribution is 5.96. The van der Waals surface area contributed by atoms with Crippen molar-refractivity contribution in [1.82, 2.24) is 9.55 Å². The van der Waals surface area contributed by atoms with Crippen LogP contribution >= 0.6 is 0 Å². The van der Waals surface area contributed by atoms with E-state index in [0.29, 0.717) is 11.2 Å². The normalized spacial score (nSPS) is 11.0. The summed E-state index contributed by atoms with van der Waals surface area (Å²) >= 11 is 0. The van der Waals surface area contributed by atoms with Gasteiger partial charge in [0.25, 0.3) is 5.56 Å². The number of nitrogen functional groups attached to an aromatic ring is 1. The third-order valence-electron chi connectivity index (χ3n) is 4.60. The smallest absolute Gasteiger partial charge is 0.263 e. The number of benzene rings is 2. The summed E-state index contributed by atoms with van der Waals surface area (Å²) < 4.78 is 1.80. The van der Waals surface area contributed by atoms with E-state index >= 15 is 0 Å². The van der Waals surface area contributed by atoms with E-state index in [1.165, 1.54) is 0 Å². The predicted molar refractivity (Wildman–Crippen MR) is 107 cm³/mol. The van der Waals surface area contributed by atoms with Crippen LogP contribution in [0.5, 0.6) is 0 Å². The number of rotatable bonds is 3. The standard InChI is InChI=1S/C22H19N3O/c1-2-17-13-15-7-6-10-19(16-11-12-20(23)24-14-16)21(15)22(26)25(17)18-8-4-3-5-9-18/h3-14H,2H2,1H3,(H2,23,24). The Morgan fingerprint density at radius 3 is 2.50 bits per heavy atom. The number of aromatic nitrogens is 2. The van der Waals surface area contributed by atoms with Gasteiger partial charge in [0.1, 0.15) is 5.82 Å². The molecular weight excluding hydrogens is 322 g/mol. The second kappa shape index (κ2) is 6.48. The summed E-state index contributed by atoms with van der Waals surface area (Å²) in [6.45, 7) is 2.06. The molecule has 0 saturated heterocycles. The first kappa shape index (κ1) is 16.1. The van der Waals surface area contributed by atoms with Crippen LogP contribution in [0.25, 0.3) is 27.6 Å². The highest BCUT2D eigenvalue weighted by Gasteiger charge is 2.14. The van der Waals surface area contributed by atoms with Crippen LogP contribution in [-0.4, -0.2) is 9.55 Å². The maximum atomic E-state index is 13.5. The average molecular weight is 341 g/mol. The van der Waals surface area contributed by atoms with Crippen LogP contribution in [0.3, 0.4) is 0 Å². The quantitative estimate of drug-likeness (QED) is 0.607. The number of aryl methyl sites for hydroxylation is 1. The van der Waals surface area contributed by atoms with Gasteiger partial charge in [-0.25, -0.2) is 4.98 Å². The van der Waals surface area contributed by atoms with Crippen molar-refractivity contribution in [2.75, 3.05) is 5.73 Å². The molecule has 2 heterocycles. The first-order valence-corrected chi connectivity index (χ1v) is 8.64. The van der Waals surface area contributed by atoms with Gasteiger partial charge in [-0.1, -0.05) is 43.3 Å². The first-order valence-electron chi connectivity index (χ1n) is 8.64. The molecule has 0 bridgehead atoms. The molecule has 26 heavy (non-hydrogen) atoms. The number of nitrogens with zero attached hydrogens (tertiary/aromatic N) is 2. The Bertz CT molecular complexity index is 1130. The zero-order valence-electron chi connectivity index (χ0n) is 14.5. The molecule has 0 atom stereocenters. The summed E-state index contributed by atoms with van der Waals surface area (Å²) in [6, 6.07) is 21.4. The van der Waals surface area contributed by atoms with Crippen LogP contribution in [0.15, 0.2) is 77.7 Å². The Hall–Kier alpha value is -3.40. The second-order valence-corrected chi connectivity index (χ2v) is 6.21. The Morgan fingerprint density at radius 1 is 1.00 bits per heavy atom. The fraction of sp³-hybridized carbons (Fsp3) is 0.0909. The molecule has 0 unspecified atom stereocenters. The molecule has 2 aromatic heterocycles. The van der Waals surface area contributed by atoms with Gasteiger partial charge >= 0.3 is 0 Å². The molecular formula is C22H19N3O. The lowest BCUT2D eigenvalue weighted by molar-refractivity contribution is 0.889. The van der Waals surface area contributed by atoms with Gasteiger partial charge in [0.15, 0.2) is 0 Å². The highest BCUT2D eigenvalue weighted by Crippen LogP contribution is 2.27. The van der Waals surface area contributed by atoms with Crippen molar-refractivity contribution < 1.29 is 0 Å². The molecule has 0 aliphatic carbocycles. The fourth-order valence-electron chi connectivity index (χ4n) is 3.34. The van der Waals surface area contributed by atoms with Crippen LogP contribution in [0, 0.1) is 0 Å². The van der Waals surface area contributed by atoms with Crippen molar-refractivity contribution in [2.45, 2.75) is 13.3 Å². The molecule has 4 nitrogen and oxygen atoms in total. The second-order valence-electron chi connectivity index (χ2n) is 6.21. The number of hydrogen-bond donors (Lipinski definition) is 1. The predicted octanol–water partition coefficient (Wildman–Crippen LogP) is 4.20. The summed E-state index contributed by atoms with van der Waals surface area (Å²) in [5.41, 5.74) is 9.30. The van der Waals surface area contributed by atoms with E-state index in [1.807, 2.05) is 54.6 Å². The van der Waals surface area contributed by atoms with Crippen LogP contribution in [0.1, 0.15) is 12.6 Å². The number of anilines is 1. The highest BCUT2D eigenvalue weighted by atomic mass is 16.1. The molecule has 4 heteroatoms. The molecule has 0 amide bonds. The van der Waals surface area contributed by atoms with Gasteiger partial charge in [0.05, 0.1) is 5.39 Å². The number of fused-ring (bicyclic) bond motifs is 1. The van der Waals surface area contributed by atoms with Crippen molar-refractivity contribution in [3.63, 3.8) is 0 Å². The fourth-order valence-corrected chi connectivity index (χ4v) is 3.34. The number of nitrogens with two attached hydrogens (primary N) is 1. The van der Waals surface area contributed by atoms with E-state index in [9.17, 15) is 4.79 Å². The minimum Gasteiger partial charge on any atom is -0.384 e. The van der Waals surface area contributed by atoms with Gasteiger partial charge in [-0.2, -0.15) is 0 Å². The van der Waals surface area contributed by atoms with Gasteiger partial charge in [0, 0.05) is 23.1 Å². The molecule has 4 rings (SSSR count). The Balaban J connectivity index is 2.08. The van der Waals surface area contributed by atoms with E-state index in [1.54, 1.807) is 16.8 Å². The van der Waals surface area contributed by atoms with Gasteiger partial charge in [0.2, 0.25) is 0 Å². The molecule has 0 aliphatic rings. The summed E-state index contributed by atoms with van der Waals surface area (Å²) in [5.74, 6) is 0.462. The van der Waals surface area contributed by atoms with Crippen molar-refractivity contribution in [1.29, 1.82) is 0 Å². The van der Waals surface area contributed by atoms with Crippen LogP contribution < -0.4 is 11.3 Å². The molecule has 0 radical (unpaired) electrons. The minimum absolute atomic E-state index is 0.0158. The minimum atomic E-state index is -0.0158. The zero-order valence-corrected chi connectivity index (χ0v) is 14.5. The van der Waals surface area contributed by atoms with Crippen molar-refractivity contribution >= 4 is 16.6 Å². The SMILES string of the molecule is CCc1cc2cccc(-c3ccc(N)nc3)c2c(=O)n1-c1ccccc1. The molecule has 4 aromatic rings. The van der Waals surface area contributed by atoms with Crippen LogP contribution in [-0.2, 0) is 6.42 Å². The molecule has 2 N–H and O–H groups in total. The Morgan fingerprint density at radius 2 is 1.81 bits per heavy atom. The molecule has 0 fully saturated rings. The van der Waals surface area contributed by atoms with E-state index in [4.69, 9.17) is 5.73 Å². The van der Waals surface area contributed by atoms with Crippen molar-refractivity contribution in [3.8, 4) is 16.8 Å². The van der Waals surface area contributed by atoms with E-state index in [2.05, 4.69) is 18.0 Å². The average Bonchev–Trinajstić information content (AvgIpc) is 2.68. The van der Waals surface area contributed by atoms with Crippen molar-refractivity contribution in [3.05, 3.63) is 89.0 Å². The number of para-hydroxylation sites is 1. The lowest BCUT2D eigenvalue weighted by Gasteiger charge is -2.15. The Kier molecular flexibility index (Phi) is 4.01. The topological polar surface area (TPSA) is 60.9 Å². The summed E-state index contributed by atoms with van der Waals surface area (Å²) in [4.78, 5) is 17.7. The van der Waals surface area contributed by atoms with E-state index < -0.39 is 0 Å². The van der Waals surface area contributed by atoms with Gasteiger partial charge < -0.3 is 5.73 Å². The van der Waals surface area contributed by atoms with Gasteiger partial charge in [-0.05, 0) is 47.7 Å². The lowest BCUT2D eigenvalue weighted by Crippen LogP contribution is -2.22.